The van der Waals surface area contributed by atoms with E-state index in [1.807, 2.05) is 57.3 Å². The quantitative estimate of drug-likeness (QED) is 0.292. The Morgan fingerprint density at radius 2 is 1.97 bits per heavy atom. The molecule has 1 aromatic carbocycles. The Balaban J connectivity index is 0.000000449. The smallest absolute Gasteiger partial charge is 0.409 e. The maximum absolute atomic E-state index is 12.2. The molecule has 0 bridgehead atoms. The first-order chi connectivity index (χ1) is 18.8. The summed E-state index contributed by atoms with van der Waals surface area (Å²) in [5.41, 5.74) is 5.38. The van der Waals surface area contributed by atoms with Crippen LogP contribution in [0.5, 0.6) is 0 Å². The highest BCUT2D eigenvalue weighted by Crippen LogP contribution is 2.34. The Kier molecular flexibility index (Phi) is 11.7. The third kappa shape index (κ3) is 8.52. The minimum Gasteiger partial charge on any atom is -0.450 e. The SMILES string of the molecule is CCCC/C=C(/c1cccnc1)c1c(C)ncnc1N1CCN(C(=O)OCC)CC1C.Cc1cccc(Cl)c1. The van der Waals surface area contributed by atoms with E-state index in [-0.39, 0.29) is 12.1 Å². The van der Waals surface area contributed by atoms with Gasteiger partial charge in [0, 0.05) is 54.2 Å². The summed E-state index contributed by atoms with van der Waals surface area (Å²) in [6.07, 6.45) is 10.6. The number of carbonyl (C=O) groups excluding carboxylic acids is 1. The number of aryl methyl sites for hydroxylation is 2. The van der Waals surface area contributed by atoms with E-state index in [1.54, 1.807) is 17.4 Å². The zero-order chi connectivity index (χ0) is 28.2. The summed E-state index contributed by atoms with van der Waals surface area (Å²) in [5, 5.41) is 0.810. The summed E-state index contributed by atoms with van der Waals surface area (Å²) in [6.45, 7) is 12.5. The summed E-state index contributed by atoms with van der Waals surface area (Å²) in [5.74, 6) is 0.912. The third-order valence-corrected chi connectivity index (χ3v) is 6.81. The minimum absolute atomic E-state index is 0.108. The third-order valence-electron chi connectivity index (χ3n) is 6.57. The number of ether oxygens (including phenoxy) is 1. The standard InChI is InChI=1S/C24H33N5O2.C7H7Cl/c1-5-7-8-11-21(20-10-9-12-25-15-20)22-19(4)26-17-27-23(22)29-14-13-28(16-18(29)3)24(30)31-6-2;1-6-3-2-4-7(8)5-6/h9-12,15,17-18H,5-8,13-14,16H2,1-4H3;2-5H,1H3/b21-11-;. The van der Waals surface area contributed by atoms with E-state index < -0.39 is 0 Å². The highest BCUT2D eigenvalue weighted by molar-refractivity contribution is 6.30. The second-order valence-corrected chi connectivity index (χ2v) is 10.1. The molecular weight excluding hydrogens is 510 g/mol. The molecule has 3 heterocycles. The van der Waals surface area contributed by atoms with Gasteiger partial charge in [-0.2, -0.15) is 0 Å². The molecular formula is C31H40ClN5O2. The van der Waals surface area contributed by atoms with E-state index in [0.29, 0.717) is 26.2 Å². The van der Waals surface area contributed by atoms with Crippen LogP contribution in [0.25, 0.3) is 5.57 Å². The summed E-state index contributed by atoms with van der Waals surface area (Å²) < 4.78 is 5.19. The normalized spacial score (nSPS) is 15.4. The molecule has 2 aromatic heterocycles. The summed E-state index contributed by atoms with van der Waals surface area (Å²) >= 11 is 5.64. The predicted octanol–water partition coefficient (Wildman–Crippen LogP) is 7.12. The zero-order valence-corrected chi connectivity index (χ0v) is 24.5. The largest absolute Gasteiger partial charge is 0.450 e. The number of anilines is 1. The van der Waals surface area contributed by atoms with Crippen molar-refractivity contribution >= 4 is 29.1 Å². The van der Waals surface area contributed by atoms with Gasteiger partial charge in [0.15, 0.2) is 0 Å². The van der Waals surface area contributed by atoms with Gasteiger partial charge < -0.3 is 14.5 Å². The number of rotatable bonds is 7. The van der Waals surface area contributed by atoms with Gasteiger partial charge in [-0.1, -0.05) is 55.6 Å². The van der Waals surface area contributed by atoms with Gasteiger partial charge in [-0.05, 0) is 63.5 Å². The molecule has 1 aliphatic rings. The molecule has 1 fully saturated rings. The first kappa shape index (κ1) is 30.1. The minimum atomic E-state index is -0.247. The van der Waals surface area contributed by atoms with Gasteiger partial charge in [-0.3, -0.25) is 4.98 Å². The van der Waals surface area contributed by atoms with Crippen molar-refractivity contribution in [2.75, 3.05) is 31.1 Å². The molecule has 7 nitrogen and oxygen atoms in total. The first-order valence-corrected chi connectivity index (χ1v) is 14.1. The van der Waals surface area contributed by atoms with Crippen molar-refractivity contribution in [3.63, 3.8) is 0 Å². The number of hydrogen-bond donors (Lipinski definition) is 0. The molecule has 1 amide bonds. The van der Waals surface area contributed by atoms with E-state index in [1.165, 1.54) is 5.56 Å². The van der Waals surface area contributed by atoms with E-state index in [4.69, 9.17) is 21.3 Å². The van der Waals surface area contributed by atoms with Gasteiger partial charge >= 0.3 is 6.09 Å². The van der Waals surface area contributed by atoms with Crippen molar-refractivity contribution in [1.82, 2.24) is 19.9 Å². The molecule has 0 radical (unpaired) electrons. The lowest BCUT2D eigenvalue weighted by Gasteiger charge is -2.40. The Morgan fingerprint density at radius 3 is 2.59 bits per heavy atom. The van der Waals surface area contributed by atoms with Crippen molar-refractivity contribution in [2.45, 2.75) is 59.9 Å². The molecule has 0 aliphatic carbocycles. The fourth-order valence-corrected chi connectivity index (χ4v) is 4.83. The molecule has 39 heavy (non-hydrogen) atoms. The van der Waals surface area contributed by atoms with Crippen LogP contribution >= 0.6 is 11.6 Å². The van der Waals surface area contributed by atoms with Gasteiger partial charge in [-0.15, -0.1) is 0 Å². The second-order valence-electron chi connectivity index (χ2n) is 9.65. The lowest BCUT2D eigenvalue weighted by molar-refractivity contribution is 0.100. The van der Waals surface area contributed by atoms with Crippen LogP contribution in [0.2, 0.25) is 5.02 Å². The number of benzene rings is 1. The zero-order valence-electron chi connectivity index (χ0n) is 23.7. The van der Waals surface area contributed by atoms with Crippen LogP contribution in [-0.2, 0) is 4.74 Å². The van der Waals surface area contributed by atoms with E-state index >= 15 is 0 Å². The van der Waals surface area contributed by atoms with Crippen LogP contribution in [0, 0.1) is 13.8 Å². The Hall–Kier alpha value is -3.45. The number of hydrogen-bond acceptors (Lipinski definition) is 6. The van der Waals surface area contributed by atoms with Crippen LogP contribution in [-0.4, -0.2) is 58.2 Å². The molecule has 1 aliphatic heterocycles. The van der Waals surface area contributed by atoms with Gasteiger partial charge in [0.25, 0.3) is 0 Å². The Morgan fingerprint density at radius 1 is 1.15 bits per heavy atom. The highest BCUT2D eigenvalue weighted by Gasteiger charge is 2.31. The fraction of sp³-hybridized carbons (Fsp3) is 0.419. The number of pyridine rings is 1. The van der Waals surface area contributed by atoms with Gasteiger partial charge in [0.2, 0.25) is 0 Å². The number of amides is 1. The van der Waals surface area contributed by atoms with Crippen LogP contribution in [0.3, 0.4) is 0 Å². The maximum atomic E-state index is 12.2. The number of unbranched alkanes of at least 4 members (excludes halogenated alkanes) is 2. The number of piperazine rings is 1. The van der Waals surface area contributed by atoms with E-state index in [0.717, 1.165) is 52.5 Å². The van der Waals surface area contributed by atoms with Gasteiger partial charge in [-0.25, -0.2) is 14.8 Å². The molecule has 1 unspecified atom stereocenters. The van der Waals surface area contributed by atoms with Crippen molar-refractivity contribution in [1.29, 1.82) is 0 Å². The van der Waals surface area contributed by atoms with Crippen LogP contribution in [0.4, 0.5) is 10.6 Å². The van der Waals surface area contributed by atoms with Crippen molar-refractivity contribution in [2.24, 2.45) is 0 Å². The average molecular weight is 550 g/mol. The molecule has 0 N–H and O–H groups in total. The van der Waals surface area contributed by atoms with Gasteiger partial charge in [0.1, 0.15) is 12.1 Å². The fourth-order valence-electron chi connectivity index (χ4n) is 4.59. The number of allylic oxidation sites excluding steroid dienone is 1. The molecule has 3 aromatic rings. The monoisotopic (exact) mass is 549 g/mol. The number of aromatic nitrogens is 3. The van der Waals surface area contributed by atoms with E-state index in [2.05, 4.69) is 40.9 Å². The second kappa shape index (κ2) is 15.2. The van der Waals surface area contributed by atoms with Gasteiger partial charge in [0.05, 0.1) is 12.3 Å². The average Bonchev–Trinajstić information content (AvgIpc) is 2.92. The molecule has 8 heteroatoms. The van der Waals surface area contributed by atoms with E-state index in [9.17, 15) is 4.79 Å². The van der Waals surface area contributed by atoms with Crippen molar-refractivity contribution in [3.05, 3.63) is 88.6 Å². The molecule has 0 saturated carbocycles. The van der Waals surface area contributed by atoms with Crippen molar-refractivity contribution in [3.8, 4) is 0 Å². The highest BCUT2D eigenvalue weighted by atomic mass is 35.5. The first-order valence-electron chi connectivity index (χ1n) is 13.7. The molecule has 208 valence electrons. The summed E-state index contributed by atoms with van der Waals surface area (Å²) in [7, 11) is 0. The molecule has 4 rings (SSSR count). The Labute approximate surface area is 237 Å². The van der Waals surface area contributed by atoms with Crippen LogP contribution < -0.4 is 4.90 Å². The Bertz CT molecular complexity index is 1220. The van der Waals surface area contributed by atoms with Crippen LogP contribution in [0.15, 0.2) is 61.2 Å². The van der Waals surface area contributed by atoms with Crippen LogP contribution in [0.1, 0.15) is 62.4 Å². The maximum Gasteiger partial charge on any atom is 0.409 e. The number of carbonyl (C=O) groups is 1. The summed E-state index contributed by atoms with van der Waals surface area (Å²) in [6, 6.07) is 11.9. The number of nitrogens with zero attached hydrogens (tertiary/aromatic N) is 5. The van der Waals surface area contributed by atoms with Crippen molar-refractivity contribution < 1.29 is 9.53 Å². The molecule has 1 atom stereocenters. The topological polar surface area (TPSA) is 71.5 Å². The summed E-state index contributed by atoms with van der Waals surface area (Å²) in [4.78, 5) is 29.8. The molecule has 0 spiro atoms. The molecule has 1 saturated heterocycles. The lowest BCUT2D eigenvalue weighted by Crippen LogP contribution is -2.54. The lowest BCUT2D eigenvalue weighted by atomic mass is 9.95. The number of halogens is 1. The predicted molar refractivity (Wildman–Crippen MR) is 159 cm³/mol.